The smallest absolute Gasteiger partial charge is 0.190 e. The first kappa shape index (κ1) is 8.26. The predicted molar refractivity (Wildman–Crippen MR) is 49.3 cm³/mol. The Bertz CT molecular complexity index is 389. The van der Waals surface area contributed by atoms with Gasteiger partial charge in [0.25, 0.3) is 0 Å². The molecule has 2 rings (SSSR count). The summed E-state index contributed by atoms with van der Waals surface area (Å²) in [6.45, 7) is 1.79. The van der Waals surface area contributed by atoms with Crippen molar-refractivity contribution in [3.05, 3.63) is 17.0 Å². The second-order valence-corrected chi connectivity index (χ2v) is 6.61. The molecule has 0 spiro atoms. The van der Waals surface area contributed by atoms with Gasteiger partial charge in [0.1, 0.15) is 4.21 Å². The molecular formula is C8H10O2S2. The van der Waals surface area contributed by atoms with Crippen molar-refractivity contribution in [2.75, 3.05) is 0 Å². The molecule has 4 heteroatoms. The van der Waals surface area contributed by atoms with Gasteiger partial charge >= 0.3 is 0 Å². The van der Waals surface area contributed by atoms with E-state index in [1.165, 1.54) is 11.3 Å². The third kappa shape index (κ3) is 1.02. The van der Waals surface area contributed by atoms with E-state index in [0.29, 0.717) is 4.21 Å². The molecule has 1 aromatic heterocycles. The summed E-state index contributed by atoms with van der Waals surface area (Å²) in [5.41, 5.74) is 1.01. The Morgan fingerprint density at radius 2 is 2.33 bits per heavy atom. The summed E-state index contributed by atoms with van der Waals surface area (Å²) in [6.07, 6.45) is 1.69. The van der Waals surface area contributed by atoms with E-state index in [2.05, 4.69) is 0 Å². The summed E-state index contributed by atoms with van der Waals surface area (Å²) < 4.78 is 23.9. The average molecular weight is 202 g/mol. The Kier molecular flexibility index (Phi) is 1.77. The molecule has 0 amide bonds. The Morgan fingerprint density at radius 1 is 1.58 bits per heavy atom. The van der Waals surface area contributed by atoms with Gasteiger partial charge in [0.15, 0.2) is 9.84 Å². The van der Waals surface area contributed by atoms with Crippen molar-refractivity contribution in [1.29, 1.82) is 0 Å². The van der Waals surface area contributed by atoms with E-state index in [1.54, 1.807) is 6.92 Å². The molecular weight excluding hydrogens is 192 g/mol. The highest BCUT2D eigenvalue weighted by atomic mass is 32.2. The molecule has 0 radical (unpaired) electrons. The van der Waals surface area contributed by atoms with Crippen molar-refractivity contribution in [3.63, 3.8) is 0 Å². The minimum Gasteiger partial charge on any atom is -0.223 e. The molecule has 1 atom stereocenters. The minimum atomic E-state index is -2.96. The fraction of sp³-hybridized carbons (Fsp3) is 0.500. The van der Waals surface area contributed by atoms with E-state index in [9.17, 15) is 8.42 Å². The molecule has 2 nitrogen and oxygen atoms in total. The van der Waals surface area contributed by atoms with Crippen molar-refractivity contribution in [2.45, 2.75) is 29.2 Å². The lowest BCUT2D eigenvalue weighted by Crippen LogP contribution is -2.23. The molecule has 0 saturated heterocycles. The van der Waals surface area contributed by atoms with Gasteiger partial charge in [-0.2, -0.15) is 0 Å². The Labute approximate surface area is 76.2 Å². The summed E-state index contributed by atoms with van der Waals surface area (Å²) in [4.78, 5) is 0. The van der Waals surface area contributed by atoms with Crippen molar-refractivity contribution in [3.8, 4) is 0 Å². The third-order valence-electron chi connectivity index (χ3n) is 2.31. The standard InChI is InChI=1S/C8H10O2S2/c1-6-2-3-7-4-5-11-8(7)12(6,9)10/h4-6H,2-3H2,1H3. The van der Waals surface area contributed by atoms with Gasteiger partial charge in [-0.25, -0.2) is 8.42 Å². The largest absolute Gasteiger partial charge is 0.223 e. The van der Waals surface area contributed by atoms with E-state index in [-0.39, 0.29) is 5.25 Å². The lowest BCUT2D eigenvalue weighted by atomic mass is 10.1. The average Bonchev–Trinajstić information content (AvgIpc) is 2.46. The zero-order valence-corrected chi connectivity index (χ0v) is 8.41. The molecule has 1 unspecified atom stereocenters. The summed E-state index contributed by atoms with van der Waals surface area (Å²) in [5.74, 6) is 0. The quantitative estimate of drug-likeness (QED) is 0.643. The molecule has 0 aromatic carbocycles. The van der Waals surface area contributed by atoms with E-state index in [4.69, 9.17) is 0 Å². The van der Waals surface area contributed by atoms with Crippen molar-refractivity contribution < 1.29 is 8.42 Å². The molecule has 1 aliphatic rings. The molecule has 0 saturated carbocycles. The second-order valence-electron chi connectivity index (χ2n) is 3.13. The van der Waals surface area contributed by atoms with Crippen LogP contribution in [0.4, 0.5) is 0 Å². The number of aryl methyl sites for hydroxylation is 1. The first-order valence-corrected chi connectivity index (χ1v) is 6.35. The van der Waals surface area contributed by atoms with Gasteiger partial charge in [-0.3, -0.25) is 0 Å². The maximum atomic E-state index is 11.7. The van der Waals surface area contributed by atoms with Crippen LogP contribution in [0.3, 0.4) is 0 Å². The Hall–Kier alpha value is -0.350. The monoisotopic (exact) mass is 202 g/mol. The number of rotatable bonds is 0. The number of hydrogen-bond acceptors (Lipinski definition) is 3. The molecule has 0 N–H and O–H groups in total. The van der Waals surface area contributed by atoms with Crippen LogP contribution in [0.15, 0.2) is 15.7 Å². The summed E-state index contributed by atoms with van der Waals surface area (Å²) in [6, 6.07) is 1.92. The predicted octanol–water partition coefficient (Wildman–Crippen LogP) is 1.86. The topological polar surface area (TPSA) is 34.1 Å². The van der Waals surface area contributed by atoms with E-state index in [0.717, 1.165) is 18.4 Å². The van der Waals surface area contributed by atoms with Gasteiger partial charge in [0.2, 0.25) is 0 Å². The molecule has 2 heterocycles. The van der Waals surface area contributed by atoms with E-state index >= 15 is 0 Å². The number of thiophene rings is 1. The van der Waals surface area contributed by atoms with Crippen LogP contribution < -0.4 is 0 Å². The van der Waals surface area contributed by atoms with Crippen LogP contribution in [0, 0.1) is 0 Å². The molecule has 0 bridgehead atoms. The van der Waals surface area contributed by atoms with Crippen LogP contribution in [0.1, 0.15) is 18.9 Å². The zero-order chi connectivity index (χ0) is 8.77. The van der Waals surface area contributed by atoms with Gasteiger partial charge in [0, 0.05) is 0 Å². The molecule has 0 aliphatic carbocycles. The van der Waals surface area contributed by atoms with E-state index in [1.807, 2.05) is 11.4 Å². The van der Waals surface area contributed by atoms with Gasteiger partial charge in [-0.1, -0.05) is 0 Å². The zero-order valence-electron chi connectivity index (χ0n) is 6.78. The lowest BCUT2D eigenvalue weighted by Gasteiger charge is -2.18. The fourth-order valence-corrected chi connectivity index (χ4v) is 4.66. The normalized spacial score (nSPS) is 26.6. The first-order chi connectivity index (χ1) is 5.62. The molecule has 12 heavy (non-hydrogen) atoms. The van der Waals surface area contributed by atoms with E-state index < -0.39 is 9.84 Å². The van der Waals surface area contributed by atoms with Crippen LogP contribution >= 0.6 is 11.3 Å². The highest BCUT2D eigenvalue weighted by Gasteiger charge is 2.31. The van der Waals surface area contributed by atoms with Crippen LogP contribution in [-0.2, 0) is 16.3 Å². The highest BCUT2D eigenvalue weighted by molar-refractivity contribution is 7.94. The van der Waals surface area contributed by atoms with Crippen molar-refractivity contribution in [1.82, 2.24) is 0 Å². The summed E-state index contributed by atoms with van der Waals surface area (Å²) >= 11 is 1.35. The van der Waals surface area contributed by atoms with Crippen molar-refractivity contribution >= 4 is 21.2 Å². The molecule has 1 aromatic rings. The Morgan fingerprint density at radius 3 is 3.08 bits per heavy atom. The maximum absolute atomic E-state index is 11.7. The first-order valence-electron chi connectivity index (χ1n) is 3.92. The number of sulfone groups is 1. The van der Waals surface area contributed by atoms with Crippen LogP contribution in [0.5, 0.6) is 0 Å². The molecule has 66 valence electrons. The summed E-state index contributed by atoms with van der Waals surface area (Å²) in [5, 5.41) is 1.67. The van der Waals surface area contributed by atoms with Crippen molar-refractivity contribution in [2.24, 2.45) is 0 Å². The Balaban J connectivity index is 2.65. The van der Waals surface area contributed by atoms with Gasteiger partial charge in [-0.15, -0.1) is 11.3 Å². The van der Waals surface area contributed by atoms with Crippen LogP contribution in [0.25, 0.3) is 0 Å². The highest BCUT2D eigenvalue weighted by Crippen LogP contribution is 2.33. The van der Waals surface area contributed by atoms with Gasteiger partial charge < -0.3 is 0 Å². The molecule has 1 aliphatic heterocycles. The SMILES string of the molecule is CC1CCc2ccsc2S1(=O)=O. The second kappa shape index (κ2) is 2.57. The fourth-order valence-electron chi connectivity index (χ4n) is 1.45. The lowest BCUT2D eigenvalue weighted by molar-refractivity contribution is 0.570. The summed E-state index contributed by atoms with van der Waals surface area (Å²) in [7, 11) is -2.96. The number of fused-ring (bicyclic) bond motifs is 1. The third-order valence-corrected chi connectivity index (χ3v) is 6.12. The van der Waals surface area contributed by atoms with Crippen LogP contribution in [0.2, 0.25) is 0 Å². The van der Waals surface area contributed by atoms with Crippen LogP contribution in [-0.4, -0.2) is 13.7 Å². The number of hydrogen-bond donors (Lipinski definition) is 0. The van der Waals surface area contributed by atoms with Gasteiger partial charge in [0.05, 0.1) is 5.25 Å². The molecule has 0 fully saturated rings. The van der Waals surface area contributed by atoms with Gasteiger partial charge in [-0.05, 0) is 36.8 Å². The maximum Gasteiger partial charge on any atom is 0.190 e. The minimum absolute atomic E-state index is 0.191.